The number of nitrogens with zero attached hydrogens (tertiary/aromatic N) is 1. The first-order valence-corrected chi connectivity index (χ1v) is 6.35. The van der Waals surface area contributed by atoms with Crippen LogP contribution in [0.5, 0.6) is 0 Å². The molecule has 1 rings (SSSR count). The standard InChI is InChI=1S/C12H20N2OS/c1-4-6-8-14-11(15)10(7-5-2)9(3)13-12(14)16/h4-8H2,1-3H3,(H,13,16). The molecule has 3 nitrogen and oxygen atoms in total. The molecule has 0 aliphatic heterocycles. The fraction of sp³-hybridized carbons (Fsp3) is 0.667. The number of rotatable bonds is 5. The van der Waals surface area contributed by atoms with Crippen LogP contribution in [0.1, 0.15) is 44.4 Å². The molecule has 16 heavy (non-hydrogen) atoms. The quantitative estimate of drug-likeness (QED) is 0.803. The van der Waals surface area contributed by atoms with Gasteiger partial charge < -0.3 is 4.98 Å². The first-order chi connectivity index (χ1) is 7.61. The Labute approximate surface area is 102 Å². The zero-order chi connectivity index (χ0) is 12.1. The minimum absolute atomic E-state index is 0.0940. The van der Waals surface area contributed by atoms with Gasteiger partial charge in [-0.3, -0.25) is 9.36 Å². The summed E-state index contributed by atoms with van der Waals surface area (Å²) in [6.45, 7) is 6.84. The normalized spacial score (nSPS) is 10.7. The van der Waals surface area contributed by atoms with Crippen molar-refractivity contribution in [2.75, 3.05) is 0 Å². The van der Waals surface area contributed by atoms with Crippen molar-refractivity contribution in [2.24, 2.45) is 0 Å². The van der Waals surface area contributed by atoms with E-state index in [0.717, 1.165) is 43.5 Å². The Balaban J connectivity index is 3.22. The molecule has 0 aliphatic carbocycles. The second-order valence-electron chi connectivity index (χ2n) is 4.09. The molecule has 90 valence electrons. The van der Waals surface area contributed by atoms with Crippen molar-refractivity contribution in [3.05, 3.63) is 26.4 Å². The van der Waals surface area contributed by atoms with Crippen LogP contribution in [0.3, 0.4) is 0 Å². The fourth-order valence-electron chi connectivity index (χ4n) is 1.78. The molecule has 1 heterocycles. The maximum atomic E-state index is 12.2. The smallest absolute Gasteiger partial charge is 0.257 e. The number of hydrogen-bond acceptors (Lipinski definition) is 2. The van der Waals surface area contributed by atoms with E-state index in [-0.39, 0.29) is 5.56 Å². The average Bonchev–Trinajstić information content (AvgIpc) is 2.24. The van der Waals surface area contributed by atoms with E-state index >= 15 is 0 Å². The minimum atomic E-state index is 0.0940. The van der Waals surface area contributed by atoms with Crippen LogP contribution in [-0.2, 0) is 13.0 Å². The lowest BCUT2D eigenvalue weighted by Crippen LogP contribution is -2.27. The molecule has 1 N–H and O–H groups in total. The second kappa shape index (κ2) is 5.99. The maximum absolute atomic E-state index is 12.2. The van der Waals surface area contributed by atoms with Crippen LogP contribution in [-0.4, -0.2) is 9.55 Å². The molecule has 4 heteroatoms. The predicted molar refractivity (Wildman–Crippen MR) is 69.5 cm³/mol. The summed E-state index contributed by atoms with van der Waals surface area (Å²) in [5, 5.41) is 0. The van der Waals surface area contributed by atoms with Crippen LogP contribution in [0.4, 0.5) is 0 Å². The average molecular weight is 240 g/mol. The highest BCUT2D eigenvalue weighted by atomic mass is 32.1. The van der Waals surface area contributed by atoms with Crippen molar-refractivity contribution in [3.8, 4) is 0 Å². The number of nitrogens with one attached hydrogen (secondary N) is 1. The van der Waals surface area contributed by atoms with Crippen LogP contribution in [0.25, 0.3) is 0 Å². The summed E-state index contributed by atoms with van der Waals surface area (Å²) < 4.78 is 2.24. The number of unbranched alkanes of at least 4 members (excludes halogenated alkanes) is 1. The van der Waals surface area contributed by atoms with Gasteiger partial charge in [0.1, 0.15) is 0 Å². The van der Waals surface area contributed by atoms with Crippen molar-refractivity contribution in [3.63, 3.8) is 0 Å². The SMILES string of the molecule is CCCCn1c(=S)[nH]c(C)c(CCC)c1=O. The predicted octanol–water partition coefficient (Wildman–Crippen LogP) is 2.97. The van der Waals surface area contributed by atoms with Gasteiger partial charge in [-0.1, -0.05) is 26.7 Å². The molecule has 0 spiro atoms. The van der Waals surface area contributed by atoms with E-state index < -0.39 is 0 Å². The van der Waals surface area contributed by atoms with Gasteiger partial charge in [0.15, 0.2) is 4.77 Å². The molecule has 0 aliphatic rings. The number of aryl methyl sites for hydroxylation is 1. The van der Waals surface area contributed by atoms with Crippen LogP contribution < -0.4 is 5.56 Å². The Hall–Kier alpha value is -0.900. The lowest BCUT2D eigenvalue weighted by Gasteiger charge is -2.10. The van der Waals surface area contributed by atoms with E-state index in [2.05, 4.69) is 18.8 Å². The topological polar surface area (TPSA) is 37.8 Å². The van der Waals surface area contributed by atoms with Gasteiger partial charge in [-0.15, -0.1) is 0 Å². The number of hydrogen-bond donors (Lipinski definition) is 1. The third-order valence-corrected chi connectivity index (χ3v) is 3.05. The summed E-state index contributed by atoms with van der Waals surface area (Å²) in [7, 11) is 0. The first-order valence-electron chi connectivity index (χ1n) is 5.94. The summed E-state index contributed by atoms with van der Waals surface area (Å²) in [5.41, 5.74) is 1.90. The van der Waals surface area contributed by atoms with E-state index in [9.17, 15) is 4.79 Å². The lowest BCUT2D eigenvalue weighted by atomic mass is 10.1. The molecule has 0 atom stereocenters. The molecule has 1 aromatic rings. The molecule has 0 amide bonds. The summed E-state index contributed by atoms with van der Waals surface area (Å²) in [4.78, 5) is 15.3. The van der Waals surface area contributed by atoms with Crippen molar-refractivity contribution in [2.45, 2.75) is 53.0 Å². The zero-order valence-corrected chi connectivity index (χ0v) is 11.1. The van der Waals surface area contributed by atoms with Gasteiger partial charge in [0.05, 0.1) is 0 Å². The molecule has 0 aromatic carbocycles. The number of aromatic nitrogens is 2. The number of H-pyrrole nitrogens is 1. The van der Waals surface area contributed by atoms with E-state index in [1.807, 2.05) is 6.92 Å². The monoisotopic (exact) mass is 240 g/mol. The van der Waals surface area contributed by atoms with Crippen molar-refractivity contribution in [1.82, 2.24) is 9.55 Å². The van der Waals surface area contributed by atoms with Gasteiger partial charge >= 0.3 is 0 Å². The summed E-state index contributed by atoms with van der Waals surface area (Å²) in [5.74, 6) is 0. The number of aromatic amines is 1. The Bertz CT molecular complexity index is 459. The molecule has 0 saturated carbocycles. The van der Waals surface area contributed by atoms with Gasteiger partial charge in [0.25, 0.3) is 5.56 Å². The minimum Gasteiger partial charge on any atom is -0.336 e. The van der Waals surface area contributed by atoms with Gasteiger partial charge in [-0.05, 0) is 32.0 Å². The van der Waals surface area contributed by atoms with E-state index in [1.54, 1.807) is 4.57 Å². The Morgan fingerprint density at radius 3 is 2.56 bits per heavy atom. The molecule has 1 aromatic heterocycles. The molecule has 0 bridgehead atoms. The maximum Gasteiger partial charge on any atom is 0.257 e. The summed E-state index contributed by atoms with van der Waals surface area (Å²) in [6, 6.07) is 0. The Kier molecular flexibility index (Phi) is 4.93. The van der Waals surface area contributed by atoms with Gasteiger partial charge in [-0.25, -0.2) is 0 Å². The second-order valence-corrected chi connectivity index (χ2v) is 4.48. The van der Waals surface area contributed by atoms with Crippen LogP contribution in [0.15, 0.2) is 4.79 Å². The largest absolute Gasteiger partial charge is 0.336 e. The highest BCUT2D eigenvalue weighted by Crippen LogP contribution is 2.03. The van der Waals surface area contributed by atoms with Crippen molar-refractivity contribution < 1.29 is 0 Å². The van der Waals surface area contributed by atoms with Crippen molar-refractivity contribution in [1.29, 1.82) is 0 Å². The van der Waals surface area contributed by atoms with Crippen molar-refractivity contribution >= 4 is 12.2 Å². The van der Waals surface area contributed by atoms with Crippen LogP contribution in [0.2, 0.25) is 0 Å². The molecule has 0 unspecified atom stereocenters. The van der Waals surface area contributed by atoms with E-state index in [4.69, 9.17) is 12.2 Å². The van der Waals surface area contributed by atoms with Gasteiger partial charge in [-0.2, -0.15) is 0 Å². The van der Waals surface area contributed by atoms with Gasteiger partial charge in [0.2, 0.25) is 0 Å². The summed E-state index contributed by atoms with van der Waals surface area (Å²) >= 11 is 5.19. The molecule has 0 saturated heterocycles. The zero-order valence-electron chi connectivity index (χ0n) is 10.3. The van der Waals surface area contributed by atoms with E-state index in [0.29, 0.717) is 4.77 Å². The lowest BCUT2D eigenvalue weighted by molar-refractivity contribution is 0.585. The molecular weight excluding hydrogens is 220 g/mol. The highest BCUT2D eigenvalue weighted by molar-refractivity contribution is 7.71. The third kappa shape index (κ3) is 2.82. The first kappa shape index (κ1) is 13.2. The molecular formula is C12H20N2OS. The van der Waals surface area contributed by atoms with E-state index in [1.165, 1.54) is 0 Å². The molecule has 0 radical (unpaired) electrons. The Morgan fingerprint density at radius 2 is 2.00 bits per heavy atom. The van der Waals surface area contributed by atoms with Crippen LogP contribution in [0, 0.1) is 11.7 Å². The molecule has 0 fully saturated rings. The summed E-state index contributed by atoms with van der Waals surface area (Å²) in [6.07, 6.45) is 3.86. The van der Waals surface area contributed by atoms with Crippen LogP contribution >= 0.6 is 12.2 Å². The van der Waals surface area contributed by atoms with Gasteiger partial charge in [0, 0.05) is 17.8 Å². The Morgan fingerprint density at radius 1 is 1.31 bits per heavy atom. The third-order valence-electron chi connectivity index (χ3n) is 2.73. The fourth-order valence-corrected chi connectivity index (χ4v) is 2.11. The highest BCUT2D eigenvalue weighted by Gasteiger charge is 2.08.